The van der Waals surface area contributed by atoms with E-state index in [1.165, 1.54) is 0 Å². The van der Waals surface area contributed by atoms with Crippen molar-refractivity contribution in [2.45, 2.75) is 37.6 Å². The average molecular weight is 324 g/mol. The third-order valence-corrected chi connectivity index (χ3v) is 4.69. The Kier molecular flexibility index (Phi) is 3.61. The molecule has 1 aliphatic rings. The van der Waals surface area contributed by atoms with Crippen molar-refractivity contribution < 1.29 is 9.21 Å². The second kappa shape index (κ2) is 5.79. The molecular formula is C18H20N4O2. The summed E-state index contributed by atoms with van der Waals surface area (Å²) in [6.07, 6.45) is 6.27. The van der Waals surface area contributed by atoms with Gasteiger partial charge in [0.15, 0.2) is 11.6 Å². The fourth-order valence-electron chi connectivity index (χ4n) is 3.28. The van der Waals surface area contributed by atoms with Crippen LogP contribution in [0.3, 0.4) is 0 Å². The van der Waals surface area contributed by atoms with E-state index in [1.54, 1.807) is 6.26 Å². The third kappa shape index (κ3) is 2.69. The number of hydrogen-bond donors (Lipinski definition) is 3. The summed E-state index contributed by atoms with van der Waals surface area (Å²) in [5.74, 6) is 1.24. The summed E-state index contributed by atoms with van der Waals surface area (Å²) in [7, 11) is 0. The molecule has 1 fully saturated rings. The number of H-pyrrole nitrogens is 1. The van der Waals surface area contributed by atoms with Crippen LogP contribution in [0, 0.1) is 0 Å². The minimum absolute atomic E-state index is 0.104. The zero-order valence-electron chi connectivity index (χ0n) is 13.3. The Morgan fingerprint density at radius 2 is 2.08 bits per heavy atom. The molecule has 1 saturated carbocycles. The molecule has 0 atom stereocenters. The topological polar surface area (TPSA) is 96.9 Å². The minimum atomic E-state index is -0.749. The average Bonchev–Trinajstić information content (AvgIpc) is 3.24. The molecule has 3 aromatic rings. The first-order chi connectivity index (χ1) is 11.6. The quantitative estimate of drug-likeness (QED) is 0.687. The predicted molar refractivity (Wildman–Crippen MR) is 92.4 cm³/mol. The molecule has 0 aliphatic heterocycles. The van der Waals surface area contributed by atoms with Gasteiger partial charge in [0.1, 0.15) is 0 Å². The zero-order chi connectivity index (χ0) is 16.6. The first kappa shape index (κ1) is 15.0. The highest BCUT2D eigenvalue weighted by molar-refractivity contribution is 5.99. The van der Waals surface area contributed by atoms with Crippen molar-refractivity contribution in [3.8, 4) is 11.6 Å². The molecule has 0 radical (unpaired) electrons. The third-order valence-electron chi connectivity index (χ3n) is 4.69. The Morgan fingerprint density at radius 3 is 2.83 bits per heavy atom. The normalized spacial score (nSPS) is 17.0. The fourth-order valence-corrected chi connectivity index (χ4v) is 3.28. The lowest BCUT2D eigenvalue weighted by Gasteiger charge is -2.31. The van der Waals surface area contributed by atoms with Gasteiger partial charge in [0.05, 0.1) is 22.8 Å². The van der Waals surface area contributed by atoms with Crippen LogP contribution in [0.2, 0.25) is 0 Å². The molecule has 6 heteroatoms. The number of hydrogen-bond acceptors (Lipinski definition) is 4. The van der Waals surface area contributed by atoms with Gasteiger partial charge < -0.3 is 20.5 Å². The van der Waals surface area contributed by atoms with Crippen molar-refractivity contribution in [3.05, 3.63) is 36.6 Å². The number of carbonyl (C=O) groups is 1. The Hall–Kier alpha value is -2.60. The van der Waals surface area contributed by atoms with Crippen LogP contribution in [0.25, 0.3) is 22.6 Å². The van der Waals surface area contributed by atoms with Gasteiger partial charge >= 0.3 is 0 Å². The molecule has 124 valence electrons. The first-order valence-electron chi connectivity index (χ1n) is 8.28. The number of aromatic nitrogens is 2. The number of amides is 1. The number of carbonyl (C=O) groups excluding carboxylic acids is 1. The van der Waals surface area contributed by atoms with Gasteiger partial charge in [-0.2, -0.15) is 0 Å². The monoisotopic (exact) mass is 324 g/mol. The van der Waals surface area contributed by atoms with Crippen LogP contribution >= 0.6 is 0 Å². The summed E-state index contributed by atoms with van der Waals surface area (Å²) >= 11 is 0. The van der Waals surface area contributed by atoms with Gasteiger partial charge in [-0.05, 0) is 43.2 Å². The molecule has 2 aromatic heterocycles. The van der Waals surface area contributed by atoms with Gasteiger partial charge in [-0.25, -0.2) is 4.98 Å². The number of anilines is 1. The largest absolute Gasteiger partial charge is 0.461 e. The van der Waals surface area contributed by atoms with Crippen molar-refractivity contribution in [1.29, 1.82) is 0 Å². The van der Waals surface area contributed by atoms with Crippen LogP contribution in [0.15, 0.2) is 41.0 Å². The number of rotatable bonds is 3. The number of benzene rings is 1. The maximum atomic E-state index is 12.5. The SMILES string of the molecule is NC1(C(=O)Nc2ccc3nc(-c4ccco4)[nH]c3c2)CCCCC1. The van der Waals surface area contributed by atoms with E-state index >= 15 is 0 Å². The minimum Gasteiger partial charge on any atom is -0.461 e. The van der Waals surface area contributed by atoms with E-state index in [4.69, 9.17) is 10.2 Å². The van der Waals surface area contributed by atoms with Crippen molar-refractivity contribution in [1.82, 2.24) is 9.97 Å². The lowest BCUT2D eigenvalue weighted by molar-refractivity contribution is -0.122. The van der Waals surface area contributed by atoms with Crippen LogP contribution in [0.5, 0.6) is 0 Å². The van der Waals surface area contributed by atoms with Gasteiger partial charge in [0.2, 0.25) is 5.91 Å². The number of fused-ring (bicyclic) bond motifs is 1. The van der Waals surface area contributed by atoms with Crippen LogP contribution in [0.1, 0.15) is 32.1 Å². The first-order valence-corrected chi connectivity index (χ1v) is 8.28. The molecule has 1 amide bonds. The lowest BCUT2D eigenvalue weighted by Crippen LogP contribution is -2.52. The van der Waals surface area contributed by atoms with E-state index < -0.39 is 5.54 Å². The second-order valence-corrected chi connectivity index (χ2v) is 6.47. The fraction of sp³-hybridized carbons (Fsp3) is 0.333. The molecular weight excluding hydrogens is 304 g/mol. The van der Waals surface area contributed by atoms with E-state index in [0.717, 1.165) is 48.8 Å². The molecule has 0 saturated heterocycles. The number of nitrogens with zero attached hydrogens (tertiary/aromatic N) is 1. The van der Waals surface area contributed by atoms with Crippen LogP contribution in [0.4, 0.5) is 5.69 Å². The highest BCUT2D eigenvalue weighted by Crippen LogP contribution is 2.28. The van der Waals surface area contributed by atoms with E-state index in [0.29, 0.717) is 11.6 Å². The van der Waals surface area contributed by atoms with Crippen molar-refractivity contribution in [2.24, 2.45) is 5.73 Å². The van der Waals surface area contributed by atoms with Crippen LogP contribution in [-0.2, 0) is 4.79 Å². The van der Waals surface area contributed by atoms with Gasteiger partial charge in [-0.3, -0.25) is 4.79 Å². The van der Waals surface area contributed by atoms with E-state index in [9.17, 15) is 4.79 Å². The molecule has 4 N–H and O–H groups in total. The number of nitrogens with one attached hydrogen (secondary N) is 2. The van der Waals surface area contributed by atoms with E-state index in [-0.39, 0.29) is 5.91 Å². The Labute approximate surface area is 139 Å². The summed E-state index contributed by atoms with van der Waals surface area (Å²) in [6, 6.07) is 9.26. The molecule has 2 heterocycles. The maximum absolute atomic E-state index is 12.5. The molecule has 4 rings (SSSR count). The Bertz CT molecular complexity index is 860. The van der Waals surface area contributed by atoms with Gasteiger partial charge in [-0.1, -0.05) is 19.3 Å². The summed E-state index contributed by atoms with van der Waals surface area (Å²) < 4.78 is 5.36. The molecule has 1 aromatic carbocycles. The smallest absolute Gasteiger partial charge is 0.244 e. The summed E-state index contributed by atoms with van der Waals surface area (Å²) in [6.45, 7) is 0. The van der Waals surface area contributed by atoms with Crippen LogP contribution < -0.4 is 11.1 Å². The number of furan rings is 1. The van der Waals surface area contributed by atoms with Gasteiger partial charge in [0.25, 0.3) is 0 Å². The number of nitrogens with two attached hydrogens (primary N) is 1. The summed E-state index contributed by atoms with van der Waals surface area (Å²) in [5, 5.41) is 2.95. The Balaban J connectivity index is 1.57. The zero-order valence-corrected chi connectivity index (χ0v) is 13.3. The van der Waals surface area contributed by atoms with Gasteiger partial charge in [0, 0.05) is 5.69 Å². The Morgan fingerprint density at radius 1 is 1.25 bits per heavy atom. The highest BCUT2D eigenvalue weighted by atomic mass is 16.3. The van der Waals surface area contributed by atoms with E-state index in [2.05, 4.69) is 15.3 Å². The predicted octanol–water partition coefficient (Wildman–Crippen LogP) is 3.42. The molecule has 6 nitrogen and oxygen atoms in total. The van der Waals surface area contributed by atoms with Crippen molar-refractivity contribution in [3.63, 3.8) is 0 Å². The van der Waals surface area contributed by atoms with Crippen molar-refractivity contribution in [2.75, 3.05) is 5.32 Å². The molecule has 1 aliphatic carbocycles. The highest BCUT2D eigenvalue weighted by Gasteiger charge is 2.35. The maximum Gasteiger partial charge on any atom is 0.244 e. The summed E-state index contributed by atoms with van der Waals surface area (Å²) in [4.78, 5) is 20.2. The molecule has 24 heavy (non-hydrogen) atoms. The molecule has 0 bridgehead atoms. The number of imidazole rings is 1. The van der Waals surface area contributed by atoms with E-state index in [1.807, 2.05) is 30.3 Å². The lowest BCUT2D eigenvalue weighted by atomic mass is 9.82. The number of aromatic amines is 1. The molecule has 0 spiro atoms. The standard InChI is InChI=1S/C18H20N4O2/c19-18(8-2-1-3-9-18)17(23)20-12-6-7-13-14(11-12)22-16(21-13)15-5-4-10-24-15/h4-7,10-11H,1-3,8-9,19H2,(H,20,23)(H,21,22). The van der Waals surface area contributed by atoms with Crippen LogP contribution in [-0.4, -0.2) is 21.4 Å². The summed E-state index contributed by atoms with van der Waals surface area (Å²) in [5.41, 5.74) is 7.92. The van der Waals surface area contributed by atoms with Crippen molar-refractivity contribution >= 4 is 22.6 Å². The second-order valence-electron chi connectivity index (χ2n) is 6.47. The molecule has 0 unspecified atom stereocenters. The van der Waals surface area contributed by atoms with Gasteiger partial charge in [-0.15, -0.1) is 0 Å².